The Bertz CT molecular complexity index is 1190. The maximum absolute atomic E-state index is 12.8. The third-order valence-corrected chi connectivity index (χ3v) is 6.44. The number of rotatable bonds is 7. The van der Waals surface area contributed by atoms with Gasteiger partial charge in [-0.2, -0.15) is 0 Å². The Hall–Kier alpha value is -3.80. The number of carbonyl (C=O) groups excluding carboxylic acids is 3. The van der Waals surface area contributed by atoms with Crippen LogP contribution in [0.3, 0.4) is 0 Å². The second-order valence-electron chi connectivity index (χ2n) is 8.49. The fourth-order valence-corrected chi connectivity index (χ4v) is 4.68. The summed E-state index contributed by atoms with van der Waals surface area (Å²) in [6.07, 6.45) is 7.13. The quantitative estimate of drug-likeness (QED) is 0.402. The Balaban J connectivity index is 1.11. The number of pyridine rings is 1. The summed E-state index contributed by atoms with van der Waals surface area (Å²) in [6.45, 7) is 1.11. The van der Waals surface area contributed by atoms with Gasteiger partial charge in [0.2, 0.25) is 5.91 Å². The molecule has 6 nitrogen and oxygen atoms in total. The zero-order valence-corrected chi connectivity index (χ0v) is 18.4. The Morgan fingerprint density at radius 1 is 0.848 bits per heavy atom. The van der Waals surface area contributed by atoms with Crippen molar-refractivity contribution in [3.8, 4) is 11.1 Å². The summed E-state index contributed by atoms with van der Waals surface area (Å²) in [6, 6.07) is 17.2. The summed E-state index contributed by atoms with van der Waals surface area (Å²) in [4.78, 5) is 45.0. The maximum Gasteiger partial charge on any atom is 0.261 e. The fraction of sp³-hybridized carbons (Fsp3) is 0.259. The number of unbranched alkanes of at least 4 members (excludes halogenated alkanes) is 2. The van der Waals surface area contributed by atoms with Gasteiger partial charge in [-0.15, -0.1) is 0 Å². The number of hydrogen-bond donors (Lipinski definition) is 0. The molecular weight excluding hydrogens is 414 g/mol. The summed E-state index contributed by atoms with van der Waals surface area (Å²) in [7, 11) is 0. The normalized spacial score (nSPS) is 14.5. The molecule has 166 valence electrons. The minimum atomic E-state index is -0.216. The number of hydrogen-bond acceptors (Lipinski definition) is 4. The van der Waals surface area contributed by atoms with Crippen LogP contribution in [0.4, 0.5) is 5.69 Å². The van der Waals surface area contributed by atoms with Gasteiger partial charge in [0.15, 0.2) is 0 Å². The van der Waals surface area contributed by atoms with Gasteiger partial charge in [0.05, 0.1) is 11.1 Å². The number of carbonyl (C=O) groups is 3. The average Bonchev–Trinajstić information content (AvgIpc) is 3.39. The first kappa shape index (κ1) is 21.1. The molecule has 0 saturated heterocycles. The molecule has 1 aromatic heterocycles. The number of anilines is 1. The van der Waals surface area contributed by atoms with E-state index in [0.29, 0.717) is 37.1 Å². The highest BCUT2D eigenvalue weighted by atomic mass is 16.2. The van der Waals surface area contributed by atoms with Crippen molar-refractivity contribution in [3.05, 3.63) is 83.7 Å². The highest BCUT2D eigenvalue weighted by Gasteiger charge is 2.34. The van der Waals surface area contributed by atoms with E-state index in [4.69, 9.17) is 0 Å². The average molecular weight is 440 g/mol. The van der Waals surface area contributed by atoms with Crippen LogP contribution < -0.4 is 4.90 Å². The lowest BCUT2D eigenvalue weighted by atomic mass is 10.0. The van der Waals surface area contributed by atoms with Crippen LogP contribution in [0.2, 0.25) is 0 Å². The van der Waals surface area contributed by atoms with Gasteiger partial charge in [0, 0.05) is 37.6 Å². The van der Waals surface area contributed by atoms with E-state index < -0.39 is 0 Å². The molecule has 0 spiro atoms. The molecular formula is C27H25N3O3. The van der Waals surface area contributed by atoms with Crippen LogP contribution in [0, 0.1) is 0 Å². The minimum Gasteiger partial charge on any atom is -0.312 e. The smallest absolute Gasteiger partial charge is 0.261 e. The largest absolute Gasteiger partial charge is 0.312 e. The van der Waals surface area contributed by atoms with E-state index in [2.05, 4.69) is 17.1 Å². The van der Waals surface area contributed by atoms with Crippen molar-refractivity contribution in [1.29, 1.82) is 0 Å². The maximum atomic E-state index is 12.8. The van der Waals surface area contributed by atoms with Gasteiger partial charge in [-0.1, -0.05) is 24.6 Å². The fourth-order valence-electron chi connectivity index (χ4n) is 4.68. The molecule has 2 aliphatic heterocycles. The van der Waals surface area contributed by atoms with Crippen molar-refractivity contribution < 1.29 is 14.4 Å². The van der Waals surface area contributed by atoms with Gasteiger partial charge in [0.1, 0.15) is 0 Å². The van der Waals surface area contributed by atoms with Crippen LogP contribution >= 0.6 is 0 Å². The van der Waals surface area contributed by atoms with E-state index in [1.807, 2.05) is 23.1 Å². The number of benzene rings is 2. The molecule has 0 unspecified atom stereocenters. The summed E-state index contributed by atoms with van der Waals surface area (Å²) >= 11 is 0. The second-order valence-corrected chi connectivity index (χ2v) is 8.49. The lowest BCUT2D eigenvalue weighted by Crippen LogP contribution is -2.31. The number of fused-ring (bicyclic) bond motifs is 2. The predicted octanol–water partition coefficient (Wildman–Crippen LogP) is 4.49. The van der Waals surface area contributed by atoms with Gasteiger partial charge in [-0.05, 0) is 72.4 Å². The third kappa shape index (κ3) is 4.04. The molecule has 6 heteroatoms. The van der Waals surface area contributed by atoms with Crippen LogP contribution in [-0.2, 0) is 11.2 Å². The van der Waals surface area contributed by atoms with Gasteiger partial charge in [-0.25, -0.2) is 0 Å². The Morgan fingerprint density at radius 3 is 2.30 bits per heavy atom. The van der Waals surface area contributed by atoms with Crippen molar-refractivity contribution in [2.24, 2.45) is 0 Å². The summed E-state index contributed by atoms with van der Waals surface area (Å²) in [5.74, 6) is -0.302. The van der Waals surface area contributed by atoms with Crippen LogP contribution in [0.25, 0.3) is 11.1 Å². The van der Waals surface area contributed by atoms with Crippen LogP contribution in [0.15, 0.2) is 67.0 Å². The van der Waals surface area contributed by atoms with Gasteiger partial charge < -0.3 is 4.90 Å². The molecule has 0 atom stereocenters. The summed E-state index contributed by atoms with van der Waals surface area (Å²) in [5.41, 5.74) is 5.43. The third-order valence-electron chi connectivity index (χ3n) is 6.44. The van der Waals surface area contributed by atoms with Gasteiger partial charge >= 0.3 is 0 Å². The van der Waals surface area contributed by atoms with E-state index in [-0.39, 0.29) is 17.7 Å². The zero-order valence-electron chi connectivity index (χ0n) is 18.4. The number of imide groups is 1. The highest BCUT2D eigenvalue weighted by molar-refractivity contribution is 6.21. The van der Waals surface area contributed by atoms with E-state index in [1.165, 1.54) is 10.5 Å². The zero-order chi connectivity index (χ0) is 22.8. The molecule has 0 radical (unpaired) electrons. The Labute approximate surface area is 192 Å². The second kappa shape index (κ2) is 8.98. The molecule has 33 heavy (non-hydrogen) atoms. The molecule has 3 heterocycles. The van der Waals surface area contributed by atoms with Crippen molar-refractivity contribution in [3.63, 3.8) is 0 Å². The number of aromatic nitrogens is 1. The lowest BCUT2D eigenvalue weighted by molar-refractivity contribution is -0.118. The number of amides is 3. The summed E-state index contributed by atoms with van der Waals surface area (Å²) < 4.78 is 0. The van der Waals surface area contributed by atoms with Crippen LogP contribution in [0.1, 0.15) is 52.0 Å². The van der Waals surface area contributed by atoms with Crippen LogP contribution in [0.5, 0.6) is 0 Å². The molecule has 3 amide bonds. The Morgan fingerprint density at radius 2 is 1.58 bits per heavy atom. The standard InChI is InChI=1S/C27H25N3O3/c31-25(8-2-1-5-16-30-26(32)22-6-3-4-7-23(22)27(30)33)29-17-13-21-18-20(9-10-24(21)29)19-11-14-28-15-12-19/h3-4,6-7,9-12,14-15,18H,1-2,5,8,13,16-17H2. The van der Waals surface area contributed by atoms with Crippen molar-refractivity contribution >= 4 is 23.4 Å². The van der Waals surface area contributed by atoms with E-state index in [9.17, 15) is 14.4 Å². The molecule has 0 saturated carbocycles. The molecule has 2 aliphatic rings. The monoisotopic (exact) mass is 439 g/mol. The molecule has 0 bridgehead atoms. The topological polar surface area (TPSA) is 70.6 Å². The van der Waals surface area contributed by atoms with E-state index in [0.717, 1.165) is 36.1 Å². The van der Waals surface area contributed by atoms with Crippen molar-refractivity contribution in [1.82, 2.24) is 9.88 Å². The van der Waals surface area contributed by atoms with Gasteiger partial charge in [-0.3, -0.25) is 24.3 Å². The lowest BCUT2D eigenvalue weighted by Gasteiger charge is -2.18. The Kier molecular flexibility index (Phi) is 5.73. The molecule has 5 rings (SSSR count). The van der Waals surface area contributed by atoms with Gasteiger partial charge in [0.25, 0.3) is 11.8 Å². The molecule has 2 aromatic carbocycles. The van der Waals surface area contributed by atoms with E-state index in [1.54, 1.807) is 36.7 Å². The summed E-state index contributed by atoms with van der Waals surface area (Å²) in [5, 5.41) is 0. The molecule has 0 aliphatic carbocycles. The van der Waals surface area contributed by atoms with E-state index >= 15 is 0 Å². The molecule has 3 aromatic rings. The predicted molar refractivity (Wildman–Crippen MR) is 126 cm³/mol. The first-order chi connectivity index (χ1) is 16.1. The first-order valence-corrected chi connectivity index (χ1v) is 11.4. The molecule has 0 N–H and O–H groups in total. The number of nitrogens with zero attached hydrogens (tertiary/aromatic N) is 3. The van der Waals surface area contributed by atoms with Crippen LogP contribution in [-0.4, -0.2) is 40.7 Å². The van der Waals surface area contributed by atoms with Crippen molar-refractivity contribution in [2.45, 2.75) is 32.1 Å². The highest BCUT2D eigenvalue weighted by Crippen LogP contribution is 2.33. The minimum absolute atomic E-state index is 0.131. The first-order valence-electron chi connectivity index (χ1n) is 11.4. The molecule has 0 fully saturated rings. The SMILES string of the molecule is O=C1c2ccccc2C(=O)N1CCCCCC(=O)N1CCc2cc(-c3ccncc3)ccc21. The van der Waals surface area contributed by atoms with Crippen molar-refractivity contribution in [2.75, 3.05) is 18.0 Å².